The maximum Gasteiger partial charge on any atom is 0.265 e. The highest BCUT2D eigenvalue weighted by Crippen LogP contribution is 2.34. The van der Waals surface area contributed by atoms with Gasteiger partial charge in [-0.15, -0.1) is 0 Å². The molecule has 0 saturated heterocycles. The van der Waals surface area contributed by atoms with Crippen LogP contribution in [0.2, 0.25) is 5.02 Å². The summed E-state index contributed by atoms with van der Waals surface area (Å²) in [6.45, 7) is 0. The number of carbonyl (C=O) groups is 1. The van der Waals surface area contributed by atoms with Crippen LogP contribution in [0.4, 0.5) is 0 Å². The average Bonchev–Trinajstić information content (AvgIpc) is 3.39. The van der Waals surface area contributed by atoms with Gasteiger partial charge in [0.2, 0.25) is 5.91 Å². The van der Waals surface area contributed by atoms with Gasteiger partial charge in [-0.05, 0) is 31.0 Å². The van der Waals surface area contributed by atoms with Crippen LogP contribution in [0.25, 0.3) is 16.7 Å². The number of hydrogen-bond acceptors (Lipinski definition) is 5. The summed E-state index contributed by atoms with van der Waals surface area (Å²) in [5, 5.41) is 6.06. The van der Waals surface area contributed by atoms with E-state index < -0.39 is 0 Å². The average molecular weight is 458 g/mol. The number of nitrogens with zero attached hydrogens (tertiary/aromatic N) is 5. The first-order valence-electron chi connectivity index (χ1n) is 10.7. The zero-order valence-corrected chi connectivity index (χ0v) is 18.9. The van der Waals surface area contributed by atoms with Gasteiger partial charge < -0.3 is 4.90 Å². The molecule has 0 bridgehead atoms. The predicted molar refractivity (Wildman–Crippen MR) is 122 cm³/mol. The van der Waals surface area contributed by atoms with Crippen molar-refractivity contribution in [1.82, 2.24) is 24.2 Å². The van der Waals surface area contributed by atoms with E-state index in [4.69, 9.17) is 16.6 Å². The normalized spacial score (nSPS) is 19.0. The molecule has 31 heavy (non-hydrogen) atoms. The number of amides is 1. The van der Waals surface area contributed by atoms with Crippen LogP contribution in [0.5, 0.6) is 0 Å². The van der Waals surface area contributed by atoms with Gasteiger partial charge in [0.05, 0.1) is 17.9 Å². The molecule has 1 amide bonds. The van der Waals surface area contributed by atoms with Gasteiger partial charge in [0.15, 0.2) is 10.8 Å². The smallest absolute Gasteiger partial charge is 0.265 e. The lowest BCUT2D eigenvalue weighted by atomic mass is 9.94. The Morgan fingerprint density at radius 3 is 2.87 bits per heavy atom. The molecule has 0 spiro atoms. The first-order chi connectivity index (χ1) is 15.0. The summed E-state index contributed by atoms with van der Waals surface area (Å²) in [5.74, 6) is 0.774. The van der Waals surface area contributed by atoms with Crippen LogP contribution in [0.3, 0.4) is 0 Å². The molecule has 5 rings (SSSR count). The molecule has 1 fully saturated rings. The van der Waals surface area contributed by atoms with Crippen molar-refractivity contribution in [2.75, 3.05) is 12.8 Å². The molecule has 162 valence electrons. The van der Waals surface area contributed by atoms with E-state index in [0.29, 0.717) is 39.4 Å². The monoisotopic (exact) mass is 457 g/mol. The van der Waals surface area contributed by atoms with Gasteiger partial charge in [-0.25, -0.2) is 9.67 Å². The summed E-state index contributed by atoms with van der Waals surface area (Å²) in [4.78, 5) is 32.9. The summed E-state index contributed by atoms with van der Waals surface area (Å²) in [5.41, 5.74) is 1.12. The Morgan fingerprint density at radius 1 is 1.29 bits per heavy atom. The van der Waals surface area contributed by atoms with E-state index >= 15 is 0 Å². The van der Waals surface area contributed by atoms with Crippen LogP contribution < -0.4 is 5.56 Å². The molecule has 2 aliphatic rings. The van der Waals surface area contributed by atoms with Crippen LogP contribution >= 0.6 is 23.4 Å². The van der Waals surface area contributed by atoms with Gasteiger partial charge in [0.1, 0.15) is 5.39 Å². The minimum atomic E-state index is -0.183. The molecule has 2 aromatic heterocycles. The molecule has 1 aliphatic heterocycles. The molecule has 3 heterocycles. The molecular formula is C22H24ClN5O2S. The minimum absolute atomic E-state index is 0.104. The number of aromatic nitrogens is 4. The summed E-state index contributed by atoms with van der Waals surface area (Å²) in [6.07, 6.45) is 7.64. The fourth-order valence-electron chi connectivity index (χ4n) is 4.60. The number of thioether (sulfide) groups is 1. The number of rotatable bonds is 4. The van der Waals surface area contributed by atoms with Crippen molar-refractivity contribution in [1.29, 1.82) is 0 Å². The Morgan fingerprint density at radius 2 is 2.10 bits per heavy atom. The van der Waals surface area contributed by atoms with E-state index in [2.05, 4.69) is 5.10 Å². The number of hydrogen-bond donors (Lipinski definition) is 0. The van der Waals surface area contributed by atoms with Crippen LogP contribution in [0, 0.1) is 0 Å². The molecule has 9 heteroatoms. The predicted octanol–water partition coefficient (Wildman–Crippen LogP) is 4.06. The van der Waals surface area contributed by atoms with E-state index in [1.54, 1.807) is 27.6 Å². The van der Waals surface area contributed by atoms with Gasteiger partial charge in [-0.1, -0.05) is 48.7 Å². The molecular weight excluding hydrogens is 434 g/mol. The number of carbonyl (C=O) groups excluding carboxylic acids is 1. The zero-order valence-electron chi connectivity index (χ0n) is 17.3. The Kier molecular flexibility index (Phi) is 5.52. The molecule has 3 aromatic rings. The first-order valence-corrected chi connectivity index (χ1v) is 12.0. The highest BCUT2D eigenvalue weighted by Gasteiger charge is 2.32. The summed E-state index contributed by atoms with van der Waals surface area (Å²) in [6, 6.07) is 7.43. The molecule has 1 aromatic carbocycles. The zero-order chi connectivity index (χ0) is 21.5. The van der Waals surface area contributed by atoms with E-state index in [1.807, 2.05) is 24.1 Å². The lowest BCUT2D eigenvalue weighted by Gasteiger charge is -2.32. The third-order valence-electron chi connectivity index (χ3n) is 6.35. The second-order valence-corrected chi connectivity index (χ2v) is 9.73. The van der Waals surface area contributed by atoms with Gasteiger partial charge in [0, 0.05) is 30.3 Å². The molecule has 7 nitrogen and oxygen atoms in total. The number of halogens is 1. The van der Waals surface area contributed by atoms with Crippen LogP contribution in [0.15, 0.2) is 40.4 Å². The number of benzene rings is 1. The molecule has 1 saturated carbocycles. The molecule has 1 atom stereocenters. The lowest BCUT2D eigenvalue weighted by molar-refractivity contribution is -0.133. The fraction of sp³-hybridized carbons (Fsp3) is 0.455. The van der Waals surface area contributed by atoms with E-state index in [-0.39, 0.29) is 17.5 Å². The van der Waals surface area contributed by atoms with E-state index in [0.717, 1.165) is 18.5 Å². The molecule has 1 aliphatic carbocycles. The van der Waals surface area contributed by atoms with Gasteiger partial charge in [0.25, 0.3) is 5.56 Å². The van der Waals surface area contributed by atoms with Crippen molar-refractivity contribution in [2.45, 2.75) is 55.8 Å². The van der Waals surface area contributed by atoms with Crippen LogP contribution in [-0.2, 0) is 4.79 Å². The van der Waals surface area contributed by atoms with Crippen molar-refractivity contribution in [3.05, 3.63) is 45.8 Å². The van der Waals surface area contributed by atoms with Crippen LogP contribution in [-0.4, -0.2) is 49.0 Å². The summed E-state index contributed by atoms with van der Waals surface area (Å²) in [7, 11) is 1.90. The van der Waals surface area contributed by atoms with Gasteiger partial charge in [-0.2, -0.15) is 5.10 Å². The molecule has 1 unspecified atom stereocenters. The van der Waals surface area contributed by atoms with Crippen molar-refractivity contribution < 1.29 is 4.79 Å². The lowest BCUT2D eigenvalue weighted by Crippen LogP contribution is -2.39. The summed E-state index contributed by atoms with van der Waals surface area (Å²) >= 11 is 7.64. The van der Waals surface area contributed by atoms with Gasteiger partial charge >= 0.3 is 0 Å². The minimum Gasteiger partial charge on any atom is -0.343 e. The van der Waals surface area contributed by atoms with Crippen molar-refractivity contribution in [3.63, 3.8) is 0 Å². The van der Waals surface area contributed by atoms with E-state index in [9.17, 15) is 9.59 Å². The number of fused-ring (bicyclic) bond motifs is 2. The van der Waals surface area contributed by atoms with Crippen molar-refractivity contribution in [3.8, 4) is 5.69 Å². The molecule has 0 N–H and O–H groups in total. The Labute approximate surface area is 189 Å². The third-order valence-corrected chi connectivity index (χ3v) is 7.68. The highest BCUT2D eigenvalue weighted by molar-refractivity contribution is 7.99. The molecule has 0 radical (unpaired) electrons. The summed E-state index contributed by atoms with van der Waals surface area (Å²) < 4.78 is 3.32. The standard InChI is InChI=1S/C22H24ClN5O2S/c1-26(15-7-3-2-4-8-15)19(29)11-17-13-31-22-25-20-18(21(30)27(17)22)12-24-28(20)16-9-5-6-14(23)10-16/h5-6,9-10,12,15,17H,2-4,7-8,11,13H2,1H3. The van der Waals surface area contributed by atoms with Crippen molar-refractivity contribution in [2.24, 2.45) is 0 Å². The highest BCUT2D eigenvalue weighted by atomic mass is 35.5. The SMILES string of the molecule is CN(C(=O)CC1CSc2nc3c(cnn3-c3cccc(Cl)c3)c(=O)n21)C1CCCCC1. The maximum absolute atomic E-state index is 13.3. The Balaban J connectivity index is 1.44. The third kappa shape index (κ3) is 3.76. The van der Waals surface area contributed by atoms with Crippen molar-refractivity contribution >= 4 is 40.3 Å². The van der Waals surface area contributed by atoms with Gasteiger partial charge in [-0.3, -0.25) is 14.2 Å². The fourth-order valence-corrected chi connectivity index (χ4v) is 5.91. The second kappa shape index (κ2) is 8.31. The van der Waals surface area contributed by atoms with E-state index in [1.165, 1.54) is 31.0 Å². The Hall–Kier alpha value is -2.32. The maximum atomic E-state index is 13.3. The van der Waals surface area contributed by atoms with Crippen LogP contribution in [0.1, 0.15) is 44.6 Å². The largest absolute Gasteiger partial charge is 0.343 e. The topological polar surface area (TPSA) is 73.0 Å². The first kappa shape index (κ1) is 20.6. The quantitative estimate of drug-likeness (QED) is 0.552. The second-order valence-electron chi connectivity index (χ2n) is 8.31. The Bertz CT molecular complexity index is 1200.